The highest BCUT2D eigenvalue weighted by Gasteiger charge is 2.26. The van der Waals surface area contributed by atoms with E-state index in [4.69, 9.17) is 16.1 Å². The van der Waals surface area contributed by atoms with Crippen LogP contribution in [-0.2, 0) is 0 Å². The van der Waals surface area contributed by atoms with Crippen molar-refractivity contribution in [2.75, 3.05) is 31.1 Å². The molecule has 1 aliphatic rings. The molecule has 0 N–H and O–H groups in total. The van der Waals surface area contributed by atoms with Gasteiger partial charge in [0.15, 0.2) is 5.76 Å². The molecule has 5 nitrogen and oxygen atoms in total. The zero-order chi connectivity index (χ0) is 17.9. The molecule has 2 aromatic carbocycles. The molecule has 132 valence electrons. The maximum absolute atomic E-state index is 12.9. The fourth-order valence-electron chi connectivity index (χ4n) is 3.20. The van der Waals surface area contributed by atoms with Crippen molar-refractivity contribution in [3.8, 4) is 11.3 Å². The number of aromatic nitrogens is 1. The molecule has 1 aromatic heterocycles. The van der Waals surface area contributed by atoms with Gasteiger partial charge in [-0.3, -0.25) is 4.79 Å². The molecule has 0 aliphatic carbocycles. The third-order valence-electron chi connectivity index (χ3n) is 4.58. The molecule has 0 atom stereocenters. The summed E-state index contributed by atoms with van der Waals surface area (Å²) in [6.07, 6.45) is 1.51. The minimum atomic E-state index is -0.0455. The van der Waals surface area contributed by atoms with Crippen LogP contribution in [0.3, 0.4) is 0 Å². The molecule has 6 heteroatoms. The summed E-state index contributed by atoms with van der Waals surface area (Å²) in [6.45, 7) is 2.81. The van der Waals surface area contributed by atoms with Crippen LogP contribution < -0.4 is 4.90 Å². The van der Waals surface area contributed by atoms with Gasteiger partial charge in [0.1, 0.15) is 5.56 Å². The summed E-state index contributed by atoms with van der Waals surface area (Å²) >= 11 is 6.08. The van der Waals surface area contributed by atoms with E-state index in [1.807, 2.05) is 59.5 Å². The summed E-state index contributed by atoms with van der Waals surface area (Å²) in [6, 6.07) is 17.4. The first-order chi connectivity index (χ1) is 12.7. The van der Waals surface area contributed by atoms with Gasteiger partial charge in [-0.1, -0.05) is 53.2 Å². The second-order valence-electron chi connectivity index (χ2n) is 6.19. The van der Waals surface area contributed by atoms with Crippen molar-refractivity contribution in [3.63, 3.8) is 0 Å². The molecule has 2 heterocycles. The van der Waals surface area contributed by atoms with E-state index in [2.05, 4.69) is 10.1 Å². The van der Waals surface area contributed by atoms with Gasteiger partial charge in [0, 0.05) is 42.5 Å². The predicted molar refractivity (Wildman–Crippen MR) is 102 cm³/mol. The van der Waals surface area contributed by atoms with Crippen molar-refractivity contribution >= 4 is 23.2 Å². The van der Waals surface area contributed by atoms with Gasteiger partial charge in [-0.2, -0.15) is 0 Å². The minimum Gasteiger partial charge on any atom is -0.368 e. The third kappa shape index (κ3) is 3.30. The zero-order valence-corrected chi connectivity index (χ0v) is 14.9. The highest BCUT2D eigenvalue weighted by Crippen LogP contribution is 2.26. The van der Waals surface area contributed by atoms with Crippen LogP contribution in [0.1, 0.15) is 10.4 Å². The fourth-order valence-corrected chi connectivity index (χ4v) is 3.39. The van der Waals surface area contributed by atoms with E-state index >= 15 is 0 Å². The lowest BCUT2D eigenvalue weighted by Crippen LogP contribution is -2.48. The van der Waals surface area contributed by atoms with Crippen molar-refractivity contribution in [3.05, 3.63) is 71.4 Å². The van der Waals surface area contributed by atoms with Gasteiger partial charge < -0.3 is 14.3 Å². The SMILES string of the molecule is O=C(c1cnoc1-c1ccccc1)N1CCN(c2cccc(Cl)c2)CC1. The first-order valence-corrected chi connectivity index (χ1v) is 8.90. The van der Waals surface area contributed by atoms with Gasteiger partial charge in [-0.05, 0) is 18.2 Å². The monoisotopic (exact) mass is 367 g/mol. The molecule has 26 heavy (non-hydrogen) atoms. The number of amides is 1. The van der Waals surface area contributed by atoms with E-state index < -0.39 is 0 Å². The van der Waals surface area contributed by atoms with E-state index in [-0.39, 0.29) is 5.91 Å². The molecule has 3 aromatic rings. The van der Waals surface area contributed by atoms with Crippen LogP contribution in [0.4, 0.5) is 5.69 Å². The van der Waals surface area contributed by atoms with Crippen LogP contribution in [-0.4, -0.2) is 42.1 Å². The average molecular weight is 368 g/mol. The summed E-state index contributed by atoms with van der Waals surface area (Å²) in [5.41, 5.74) is 2.44. The quantitative estimate of drug-likeness (QED) is 0.703. The van der Waals surface area contributed by atoms with E-state index in [0.717, 1.165) is 29.4 Å². The number of piperazine rings is 1. The van der Waals surface area contributed by atoms with E-state index in [1.54, 1.807) is 0 Å². The van der Waals surface area contributed by atoms with Gasteiger partial charge >= 0.3 is 0 Å². The first-order valence-electron chi connectivity index (χ1n) is 8.52. The molecule has 0 bridgehead atoms. The smallest absolute Gasteiger partial charge is 0.259 e. The average Bonchev–Trinajstić information content (AvgIpc) is 3.18. The van der Waals surface area contributed by atoms with Gasteiger partial charge in [0.25, 0.3) is 5.91 Å². The van der Waals surface area contributed by atoms with Gasteiger partial charge in [0.05, 0.1) is 6.20 Å². The van der Waals surface area contributed by atoms with E-state index in [1.165, 1.54) is 6.20 Å². The Kier molecular flexibility index (Phi) is 4.63. The summed E-state index contributed by atoms with van der Waals surface area (Å²) in [5, 5.41) is 4.56. The first kappa shape index (κ1) is 16.7. The molecule has 4 rings (SSSR count). The van der Waals surface area contributed by atoms with E-state index in [9.17, 15) is 4.79 Å². The normalized spacial score (nSPS) is 14.5. The minimum absolute atomic E-state index is 0.0455. The fraction of sp³-hybridized carbons (Fsp3) is 0.200. The molecule has 0 radical (unpaired) electrons. The van der Waals surface area contributed by atoms with Crippen LogP contribution in [0.15, 0.2) is 65.3 Å². The Hall–Kier alpha value is -2.79. The number of carbonyl (C=O) groups is 1. The number of rotatable bonds is 3. The van der Waals surface area contributed by atoms with Crippen LogP contribution in [0.5, 0.6) is 0 Å². The van der Waals surface area contributed by atoms with Crippen molar-refractivity contribution in [2.45, 2.75) is 0 Å². The Balaban J connectivity index is 1.47. The maximum Gasteiger partial charge on any atom is 0.259 e. The van der Waals surface area contributed by atoms with Crippen LogP contribution in [0, 0.1) is 0 Å². The van der Waals surface area contributed by atoms with Crippen LogP contribution >= 0.6 is 11.6 Å². The van der Waals surface area contributed by atoms with Gasteiger partial charge in [-0.15, -0.1) is 0 Å². The van der Waals surface area contributed by atoms with Crippen molar-refractivity contribution in [2.24, 2.45) is 0 Å². The number of anilines is 1. The number of benzene rings is 2. The predicted octanol–water partition coefficient (Wildman–Crippen LogP) is 3.96. The maximum atomic E-state index is 12.9. The summed E-state index contributed by atoms with van der Waals surface area (Å²) < 4.78 is 5.34. The Bertz CT molecular complexity index is 902. The standard InChI is InChI=1S/C20H18ClN3O2/c21-16-7-4-8-17(13-16)23-9-11-24(12-10-23)20(25)18-14-22-26-19(18)15-5-2-1-3-6-15/h1-8,13-14H,9-12H2. The third-order valence-corrected chi connectivity index (χ3v) is 4.81. The van der Waals surface area contributed by atoms with Gasteiger partial charge in [-0.25, -0.2) is 0 Å². The summed E-state index contributed by atoms with van der Waals surface area (Å²) in [7, 11) is 0. The lowest BCUT2D eigenvalue weighted by atomic mass is 10.1. The molecular formula is C20H18ClN3O2. The number of hydrogen-bond acceptors (Lipinski definition) is 4. The topological polar surface area (TPSA) is 49.6 Å². The molecule has 1 fully saturated rings. The largest absolute Gasteiger partial charge is 0.368 e. The number of halogens is 1. The Morgan fingerprint density at radius 3 is 2.50 bits per heavy atom. The van der Waals surface area contributed by atoms with Crippen molar-refractivity contribution in [1.29, 1.82) is 0 Å². The van der Waals surface area contributed by atoms with Crippen LogP contribution in [0.2, 0.25) is 5.02 Å². The number of hydrogen-bond donors (Lipinski definition) is 0. The second-order valence-corrected chi connectivity index (χ2v) is 6.63. The van der Waals surface area contributed by atoms with Crippen molar-refractivity contribution in [1.82, 2.24) is 10.1 Å². The molecule has 0 spiro atoms. The molecule has 1 aliphatic heterocycles. The Morgan fingerprint density at radius 1 is 1.00 bits per heavy atom. The lowest BCUT2D eigenvalue weighted by molar-refractivity contribution is 0.0747. The van der Waals surface area contributed by atoms with E-state index in [0.29, 0.717) is 24.4 Å². The zero-order valence-electron chi connectivity index (χ0n) is 14.1. The lowest BCUT2D eigenvalue weighted by Gasteiger charge is -2.36. The highest BCUT2D eigenvalue weighted by molar-refractivity contribution is 6.30. The second kappa shape index (κ2) is 7.22. The molecule has 1 saturated heterocycles. The molecule has 0 unspecified atom stereocenters. The molecule has 0 saturated carbocycles. The van der Waals surface area contributed by atoms with Gasteiger partial charge in [0.2, 0.25) is 0 Å². The highest BCUT2D eigenvalue weighted by atomic mass is 35.5. The Morgan fingerprint density at radius 2 is 1.77 bits per heavy atom. The number of carbonyl (C=O) groups excluding carboxylic acids is 1. The molecular weight excluding hydrogens is 350 g/mol. The molecule has 1 amide bonds. The number of nitrogens with zero attached hydrogens (tertiary/aromatic N) is 3. The van der Waals surface area contributed by atoms with Crippen LogP contribution in [0.25, 0.3) is 11.3 Å². The van der Waals surface area contributed by atoms with Crippen molar-refractivity contribution < 1.29 is 9.32 Å². The Labute approximate surface area is 156 Å². The summed E-state index contributed by atoms with van der Waals surface area (Å²) in [4.78, 5) is 17.0. The summed E-state index contributed by atoms with van der Waals surface area (Å²) in [5.74, 6) is 0.476.